The fraction of sp³-hybridized carbons (Fsp3) is 0.625. The van der Waals surface area contributed by atoms with E-state index in [-0.39, 0.29) is 5.82 Å². The van der Waals surface area contributed by atoms with Crippen molar-refractivity contribution < 1.29 is 9.13 Å². The Labute approximate surface area is 115 Å². The molecule has 1 aromatic rings. The summed E-state index contributed by atoms with van der Waals surface area (Å²) in [6.45, 7) is 2.97. The summed E-state index contributed by atoms with van der Waals surface area (Å²) < 4.78 is 18.4. The zero-order valence-corrected chi connectivity index (χ0v) is 11.9. The van der Waals surface area contributed by atoms with Crippen LogP contribution in [0, 0.1) is 5.82 Å². The van der Waals surface area contributed by atoms with Crippen LogP contribution in [0.5, 0.6) is 0 Å². The van der Waals surface area contributed by atoms with E-state index in [4.69, 9.17) is 4.74 Å². The second-order valence-electron chi connectivity index (χ2n) is 5.53. The lowest BCUT2D eigenvalue weighted by Crippen LogP contribution is -2.47. The summed E-state index contributed by atoms with van der Waals surface area (Å²) in [5, 5.41) is 3.65. The smallest absolute Gasteiger partial charge is 0.123 e. The van der Waals surface area contributed by atoms with E-state index in [2.05, 4.69) is 12.2 Å². The van der Waals surface area contributed by atoms with Crippen LogP contribution in [-0.4, -0.2) is 25.8 Å². The van der Waals surface area contributed by atoms with E-state index in [1.54, 1.807) is 19.2 Å². The maximum absolute atomic E-state index is 13.2. The highest BCUT2D eigenvalue weighted by atomic mass is 19.1. The molecule has 0 amide bonds. The Morgan fingerprint density at radius 1 is 1.42 bits per heavy atom. The topological polar surface area (TPSA) is 21.3 Å². The van der Waals surface area contributed by atoms with Gasteiger partial charge in [-0.1, -0.05) is 25.5 Å². The summed E-state index contributed by atoms with van der Waals surface area (Å²) in [5.74, 6) is 0.384. The van der Waals surface area contributed by atoms with Crippen LogP contribution >= 0.6 is 0 Å². The maximum Gasteiger partial charge on any atom is 0.123 e. The van der Waals surface area contributed by atoms with Crippen molar-refractivity contribution >= 4 is 0 Å². The van der Waals surface area contributed by atoms with Crippen LogP contribution in [0.2, 0.25) is 0 Å². The lowest BCUT2D eigenvalue weighted by atomic mass is 9.75. The second kappa shape index (κ2) is 7.01. The predicted molar refractivity (Wildman–Crippen MR) is 75.9 cm³/mol. The Balaban J connectivity index is 1.79. The normalized spacial score (nSPS) is 23.9. The molecule has 0 saturated heterocycles. The molecule has 1 N–H and O–H groups in total. The third-order valence-corrected chi connectivity index (χ3v) is 3.93. The van der Waals surface area contributed by atoms with Crippen molar-refractivity contribution in [3.05, 3.63) is 35.6 Å². The molecule has 0 aromatic heterocycles. The summed E-state index contributed by atoms with van der Waals surface area (Å²) in [6, 6.07) is 8.01. The van der Waals surface area contributed by atoms with Crippen LogP contribution in [0.15, 0.2) is 24.3 Å². The number of methoxy groups -OCH3 is 1. The van der Waals surface area contributed by atoms with Crippen molar-refractivity contribution in [1.29, 1.82) is 0 Å². The number of hydrogen-bond acceptors (Lipinski definition) is 2. The molecule has 106 valence electrons. The van der Waals surface area contributed by atoms with Crippen molar-refractivity contribution in [3.63, 3.8) is 0 Å². The van der Waals surface area contributed by atoms with E-state index < -0.39 is 0 Å². The largest absolute Gasteiger partial charge is 0.383 e. The lowest BCUT2D eigenvalue weighted by Gasteiger charge is -2.38. The van der Waals surface area contributed by atoms with Crippen LogP contribution in [0.1, 0.15) is 44.1 Å². The molecule has 0 aliphatic heterocycles. The number of hydrogen-bond donors (Lipinski definition) is 1. The van der Waals surface area contributed by atoms with E-state index in [0.717, 1.165) is 31.4 Å². The molecule has 1 saturated carbocycles. The summed E-state index contributed by atoms with van der Waals surface area (Å²) in [4.78, 5) is 0. The maximum atomic E-state index is 13.2. The number of ether oxygens (including phenoxy) is 1. The molecule has 1 aliphatic rings. The Hall–Kier alpha value is -0.930. The molecule has 0 bridgehead atoms. The fourth-order valence-electron chi connectivity index (χ4n) is 2.88. The molecule has 1 fully saturated rings. The van der Waals surface area contributed by atoms with E-state index in [1.807, 2.05) is 6.07 Å². The molecule has 1 atom stereocenters. The third kappa shape index (κ3) is 4.02. The van der Waals surface area contributed by atoms with Crippen LogP contribution in [-0.2, 0) is 4.74 Å². The van der Waals surface area contributed by atoms with Gasteiger partial charge in [0.1, 0.15) is 5.82 Å². The predicted octanol–water partition coefficient (Wildman–Crippen LogP) is 3.48. The molecule has 1 aliphatic carbocycles. The number of benzene rings is 1. The first-order valence-electron chi connectivity index (χ1n) is 7.23. The Kier molecular flexibility index (Phi) is 5.34. The minimum absolute atomic E-state index is 0.128. The second-order valence-corrected chi connectivity index (χ2v) is 5.53. The first-order chi connectivity index (χ1) is 9.22. The zero-order chi connectivity index (χ0) is 13.7. The average molecular weight is 265 g/mol. The fourth-order valence-corrected chi connectivity index (χ4v) is 2.88. The highest BCUT2D eigenvalue weighted by molar-refractivity contribution is 5.23. The Morgan fingerprint density at radius 3 is 2.84 bits per heavy atom. The van der Waals surface area contributed by atoms with Gasteiger partial charge in [0.05, 0.1) is 6.61 Å². The van der Waals surface area contributed by atoms with Crippen molar-refractivity contribution in [2.45, 2.75) is 50.6 Å². The zero-order valence-electron chi connectivity index (χ0n) is 11.9. The average Bonchev–Trinajstić information content (AvgIpc) is 2.33. The monoisotopic (exact) mass is 265 g/mol. The van der Waals surface area contributed by atoms with Gasteiger partial charge in [0, 0.05) is 19.2 Å². The van der Waals surface area contributed by atoms with Crippen molar-refractivity contribution in [3.8, 4) is 0 Å². The lowest BCUT2D eigenvalue weighted by molar-refractivity contribution is 0.141. The minimum atomic E-state index is -0.128. The van der Waals surface area contributed by atoms with Gasteiger partial charge in [0.15, 0.2) is 0 Å². The van der Waals surface area contributed by atoms with Gasteiger partial charge in [0.2, 0.25) is 0 Å². The van der Waals surface area contributed by atoms with Gasteiger partial charge in [-0.05, 0) is 42.9 Å². The molecule has 1 aromatic carbocycles. The van der Waals surface area contributed by atoms with Gasteiger partial charge < -0.3 is 10.1 Å². The molecular formula is C16H24FNO. The molecule has 1 unspecified atom stereocenters. The van der Waals surface area contributed by atoms with E-state index in [1.165, 1.54) is 12.5 Å². The Bertz CT molecular complexity index is 384. The minimum Gasteiger partial charge on any atom is -0.383 e. The summed E-state index contributed by atoms with van der Waals surface area (Å²) in [7, 11) is 1.75. The molecule has 19 heavy (non-hydrogen) atoms. The molecule has 2 rings (SSSR count). The van der Waals surface area contributed by atoms with Crippen molar-refractivity contribution in [2.24, 2.45) is 0 Å². The van der Waals surface area contributed by atoms with Gasteiger partial charge in [-0.15, -0.1) is 0 Å². The first kappa shape index (κ1) is 14.5. The Morgan fingerprint density at radius 2 is 2.21 bits per heavy atom. The van der Waals surface area contributed by atoms with Gasteiger partial charge in [-0.25, -0.2) is 4.39 Å². The molecule has 0 spiro atoms. The molecule has 2 nitrogen and oxygen atoms in total. The van der Waals surface area contributed by atoms with Crippen LogP contribution < -0.4 is 5.32 Å². The molecular weight excluding hydrogens is 241 g/mol. The number of rotatable bonds is 7. The highest BCUT2D eigenvalue weighted by Crippen LogP contribution is 2.37. The highest BCUT2D eigenvalue weighted by Gasteiger charge is 2.31. The van der Waals surface area contributed by atoms with E-state index >= 15 is 0 Å². The van der Waals surface area contributed by atoms with Crippen molar-refractivity contribution in [1.82, 2.24) is 5.32 Å². The van der Waals surface area contributed by atoms with Gasteiger partial charge in [-0.3, -0.25) is 0 Å². The van der Waals surface area contributed by atoms with Crippen LogP contribution in [0.25, 0.3) is 0 Å². The van der Waals surface area contributed by atoms with Crippen LogP contribution in [0.3, 0.4) is 0 Å². The summed E-state index contributed by atoms with van der Waals surface area (Å²) in [5.41, 5.74) is 1.14. The van der Waals surface area contributed by atoms with Gasteiger partial charge >= 0.3 is 0 Å². The molecule has 0 radical (unpaired) electrons. The number of halogens is 1. The summed E-state index contributed by atoms with van der Waals surface area (Å²) >= 11 is 0. The quantitative estimate of drug-likeness (QED) is 0.815. The van der Waals surface area contributed by atoms with E-state index in [0.29, 0.717) is 18.0 Å². The molecule has 3 heteroatoms. The van der Waals surface area contributed by atoms with Gasteiger partial charge in [0.25, 0.3) is 0 Å². The first-order valence-corrected chi connectivity index (χ1v) is 7.23. The van der Waals surface area contributed by atoms with Crippen molar-refractivity contribution in [2.75, 3.05) is 13.7 Å². The number of nitrogens with one attached hydrogen (secondary N) is 1. The SMILES string of the molecule is CCCC(COC)NC1CC(c2cccc(F)c2)C1. The molecule has 0 heterocycles. The van der Waals surface area contributed by atoms with E-state index in [9.17, 15) is 4.39 Å². The standard InChI is InChI=1S/C16H24FNO/c1-3-5-15(11-19-2)18-16-9-13(10-16)12-6-4-7-14(17)8-12/h4,6-8,13,15-16,18H,3,5,9-11H2,1-2H3. The summed E-state index contributed by atoms with van der Waals surface area (Å²) in [6.07, 6.45) is 4.52. The van der Waals surface area contributed by atoms with Gasteiger partial charge in [-0.2, -0.15) is 0 Å². The third-order valence-electron chi connectivity index (χ3n) is 3.93. The van der Waals surface area contributed by atoms with Crippen LogP contribution in [0.4, 0.5) is 4.39 Å².